The highest BCUT2D eigenvalue weighted by atomic mass is 35.5. The summed E-state index contributed by atoms with van der Waals surface area (Å²) in [6, 6.07) is 0.450. The van der Waals surface area contributed by atoms with E-state index in [0.29, 0.717) is 11.2 Å². The van der Waals surface area contributed by atoms with Crippen LogP contribution in [0.1, 0.15) is 20.3 Å². The second kappa shape index (κ2) is 4.05. The second-order valence-electron chi connectivity index (χ2n) is 2.75. The van der Waals surface area contributed by atoms with Crippen LogP contribution in [0.25, 0.3) is 0 Å². The smallest absolute Gasteiger partial charge is 0.187 e. The van der Waals surface area contributed by atoms with Crippen molar-refractivity contribution in [3.63, 3.8) is 0 Å². The fraction of sp³-hybridized carbons (Fsp3) is 0.714. The summed E-state index contributed by atoms with van der Waals surface area (Å²) in [5, 5.41) is 0.503. The molecule has 3 nitrogen and oxygen atoms in total. The summed E-state index contributed by atoms with van der Waals surface area (Å²) < 4.78 is 8.02. The van der Waals surface area contributed by atoms with Crippen molar-refractivity contribution in [2.75, 3.05) is 11.9 Å². The van der Waals surface area contributed by atoms with Gasteiger partial charge in [0.1, 0.15) is 0 Å². The molecule has 0 fully saturated rings. The fourth-order valence-electron chi connectivity index (χ4n) is 0.866. The molecule has 0 radical (unpaired) electrons. The van der Waals surface area contributed by atoms with E-state index in [0.717, 1.165) is 24.0 Å². The predicted molar refractivity (Wildman–Crippen MR) is 53.1 cm³/mol. The van der Waals surface area contributed by atoms with E-state index in [-0.39, 0.29) is 0 Å². The van der Waals surface area contributed by atoms with E-state index in [4.69, 9.17) is 11.6 Å². The molecule has 0 saturated carbocycles. The van der Waals surface area contributed by atoms with E-state index in [2.05, 4.69) is 22.6 Å². The number of hydrogen-bond acceptors (Lipinski definition) is 4. The Bertz CT molecular complexity index is 251. The molecule has 0 saturated heterocycles. The molecule has 0 bridgehead atoms. The molecule has 1 aromatic heterocycles. The van der Waals surface area contributed by atoms with Gasteiger partial charge >= 0.3 is 0 Å². The van der Waals surface area contributed by atoms with Crippen molar-refractivity contribution in [2.24, 2.45) is 0 Å². The highest BCUT2D eigenvalue weighted by Gasteiger charge is 2.14. The van der Waals surface area contributed by atoms with Crippen LogP contribution in [0, 0.1) is 0 Å². The maximum atomic E-state index is 5.83. The van der Waals surface area contributed by atoms with Crippen LogP contribution >= 0.6 is 23.3 Å². The molecule has 0 amide bonds. The van der Waals surface area contributed by atoms with Gasteiger partial charge in [-0.1, -0.05) is 18.5 Å². The van der Waals surface area contributed by atoms with E-state index < -0.39 is 0 Å². The second-order valence-corrected chi connectivity index (χ2v) is 3.63. The van der Waals surface area contributed by atoms with Crippen LogP contribution in [0.15, 0.2) is 0 Å². The summed E-state index contributed by atoms with van der Waals surface area (Å²) in [6.45, 7) is 4.27. The van der Waals surface area contributed by atoms with Crippen LogP contribution in [-0.2, 0) is 0 Å². The molecular weight excluding hydrogens is 194 g/mol. The minimum atomic E-state index is 0.450. The molecule has 0 N–H and O–H groups in total. The molecule has 1 atom stereocenters. The Hall–Kier alpha value is -0.350. The van der Waals surface area contributed by atoms with Crippen LogP contribution in [0.5, 0.6) is 0 Å². The Morgan fingerprint density at radius 3 is 2.67 bits per heavy atom. The lowest BCUT2D eigenvalue weighted by atomic mass is 10.2. The van der Waals surface area contributed by atoms with Gasteiger partial charge in [0.25, 0.3) is 0 Å². The van der Waals surface area contributed by atoms with Crippen LogP contribution < -0.4 is 4.90 Å². The monoisotopic (exact) mass is 205 g/mol. The lowest BCUT2D eigenvalue weighted by Gasteiger charge is -2.22. The van der Waals surface area contributed by atoms with E-state index in [1.54, 1.807) is 0 Å². The van der Waals surface area contributed by atoms with E-state index in [1.165, 1.54) is 0 Å². The molecule has 0 aliphatic carbocycles. The number of aromatic nitrogens is 2. The van der Waals surface area contributed by atoms with Crippen molar-refractivity contribution < 1.29 is 0 Å². The third kappa shape index (κ3) is 1.87. The number of hydrogen-bond donors (Lipinski definition) is 0. The third-order valence-corrected chi connectivity index (χ3v) is 2.89. The molecule has 1 heterocycles. The summed E-state index contributed by atoms with van der Waals surface area (Å²) in [5.74, 6) is 0.788. The predicted octanol–water partition coefficient (Wildman–Crippen LogP) is 2.43. The molecule has 5 heteroatoms. The van der Waals surface area contributed by atoms with E-state index in [9.17, 15) is 0 Å². The van der Waals surface area contributed by atoms with Gasteiger partial charge in [0.2, 0.25) is 0 Å². The summed E-state index contributed by atoms with van der Waals surface area (Å²) in [4.78, 5) is 2.05. The zero-order valence-electron chi connectivity index (χ0n) is 7.41. The summed E-state index contributed by atoms with van der Waals surface area (Å²) in [7, 11) is 1.98. The standard InChI is InChI=1S/C7H12ClN3S/c1-4-5(2)11(3)7-6(8)9-12-10-7/h5H,4H2,1-3H3. The molecule has 1 rings (SSSR count). The van der Waals surface area contributed by atoms with Gasteiger partial charge in [-0.3, -0.25) is 0 Å². The number of halogens is 1. The van der Waals surface area contributed by atoms with Crippen molar-refractivity contribution in [3.8, 4) is 0 Å². The zero-order chi connectivity index (χ0) is 9.14. The van der Waals surface area contributed by atoms with E-state index in [1.807, 2.05) is 11.9 Å². The summed E-state index contributed by atoms with van der Waals surface area (Å²) >= 11 is 6.98. The first kappa shape index (κ1) is 9.74. The van der Waals surface area contributed by atoms with Crippen LogP contribution in [0.4, 0.5) is 5.82 Å². The quantitative estimate of drug-likeness (QED) is 0.759. The minimum Gasteiger partial charge on any atom is -0.354 e. The topological polar surface area (TPSA) is 29.0 Å². The molecule has 1 aromatic rings. The minimum absolute atomic E-state index is 0.450. The molecule has 0 spiro atoms. The first-order valence-corrected chi connectivity index (χ1v) is 4.98. The molecule has 0 aromatic carbocycles. The highest BCUT2D eigenvalue weighted by molar-refractivity contribution is 6.99. The van der Waals surface area contributed by atoms with Crippen LogP contribution in [0.2, 0.25) is 5.15 Å². The highest BCUT2D eigenvalue weighted by Crippen LogP contribution is 2.23. The molecule has 0 aliphatic rings. The van der Waals surface area contributed by atoms with Crippen molar-refractivity contribution in [1.29, 1.82) is 0 Å². The summed E-state index contributed by atoms with van der Waals surface area (Å²) in [5.41, 5.74) is 0. The third-order valence-electron chi connectivity index (χ3n) is 2.02. The van der Waals surface area contributed by atoms with Crippen LogP contribution in [-0.4, -0.2) is 21.8 Å². The average molecular weight is 206 g/mol. The SMILES string of the molecule is CCC(C)N(C)c1nsnc1Cl. The lowest BCUT2D eigenvalue weighted by Crippen LogP contribution is -2.28. The van der Waals surface area contributed by atoms with Crippen LogP contribution in [0.3, 0.4) is 0 Å². The molecule has 0 aliphatic heterocycles. The Kier molecular flexibility index (Phi) is 3.29. The van der Waals surface area contributed by atoms with Gasteiger partial charge in [0.15, 0.2) is 11.0 Å². The normalized spacial score (nSPS) is 13.0. The van der Waals surface area contributed by atoms with Crippen molar-refractivity contribution >= 4 is 29.1 Å². The Labute approximate surface area is 81.7 Å². The maximum Gasteiger partial charge on any atom is 0.187 e. The van der Waals surface area contributed by atoms with Crippen molar-refractivity contribution in [1.82, 2.24) is 8.75 Å². The van der Waals surface area contributed by atoms with Gasteiger partial charge in [-0.25, -0.2) is 0 Å². The zero-order valence-corrected chi connectivity index (χ0v) is 8.98. The molecule has 12 heavy (non-hydrogen) atoms. The molecule has 68 valence electrons. The largest absolute Gasteiger partial charge is 0.354 e. The van der Waals surface area contributed by atoms with Gasteiger partial charge < -0.3 is 4.90 Å². The van der Waals surface area contributed by atoms with E-state index >= 15 is 0 Å². The number of rotatable bonds is 3. The maximum absolute atomic E-state index is 5.83. The van der Waals surface area contributed by atoms with Gasteiger partial charge in [-0.2, -0.15) is 8.75 Å². The first-order valence-electron chi connectivity index (χ1n) is 3.87. The van der Waals surface area contributed by atoms with Crippen molar-refractivity contribution in [2.45, 2.75) is 26.3 Å². The van der Waals surface area contributed by atoms with Gasteiger partial charge in [-0.05, 0) is 13.3 Å². The Morgan fingerprint density at radius 1 is 1.58 bits per heavy atom. The lowest BCUT2D eigenvalue weighted by molar-refractivity contribution is 0.659. The average Bonchev–Trinajstić information content (AvgIpc) is 2.48. The number of anilines is 1. The molecule has 1 unspecified atom stereocenters. The Morgan fingerprint density at radius 2 is 2.25 bits per heavy atom. The van der Waals surface area contributed by atoms with Gasteiger partial charge in [-0.15, -0.1) is 0 Å². The van der Waals surface area contributed by atoms with Gasteiger partial charge in [0, 0.05) is 13.1 Å². The number of nitrogens with zero attached hydrogens (tertiary/aromatic N) is 3. The fourth-order valence-corrected chi connectivity index (χ4v) is 1.67. The van der Waals surface area contributed by atoms with Crippen molar-refractivity contribution in [3.05, 3.63) is 5.15 Å². The molecular formula is C7H12ClN3S. The van der Waals surface area contributed by atoms with Gasteiger partial charge in [0.05, 0.1) is 11.7 Å². The Balaban J connectivity index is 2.77. The first-order chi connectivity index (χ1) is 5.66. The summed E-state index contributed by atoms with van der Waals surface area (Å²) in [6.07, 6.45) is 1.07.